The zero-order valence-corrected chi connectivity index (χ0v) is 8.87. The second-order valence-corrected chi connectivity index (χ2v) is 1.92. The molecule has 0 atom stereocenters. The number of carbonyl (C=O) groups excluding carboxylic acids is 1. The van der Waals surface area contributed by atoms with E-state index in [0.717, 1.165) is 5.56 Å². The predicted molar refractivity (Wildman–Crippen MR) is 57.9 cm³/mol. The van der Waals surface area contributed by atoms with E-state index in [1.807, 2.05) is 44.2 Å². The molecule has 1 aromatic rings. The summed E-state index contributed by atoms with van der Waals surface area (Å²) >= 11 is 0. The first-order valence-electron chi connectivity index (χ1n) is 4.44. The van der Waals surface area contributed by atoms with E-state index in [1.54, 1.807) is 6.92 Å². The molecule has 0 spiro atoms. The van der Waals surface area contributed by atoms with Gasteiger partial charge in [0.1, 0.15) is 0 Å². The van der Waals surface area contributed by atoms with E-state index in [9.17, 15) is 4.79 Å². The van der Waals surface area contributed by atoms with Gasteiger partial charge in [-0.3, -0.25) is 4.79 Å². The van der Waals surface area contributed by atoms with E-state index in [-0.39, 0.29) is 5.78 Å². The molecule has 0 fully saturated rings. The Labute approximate surface area is 80.8 Å². The van der Waals surface area contributed by atoms with Gasteiger partial charge in [-0.2, -0.15) is 0 Å². The van der Waals surface area contributed by atoms with Crippen LogP contribution in [0.5, 0.6) is 0 Å². The molecule has 1 rings (SSSR count). The minimum absolute atomic E-state index is 0.121. The van der Waals surface area contributed by atoms with Gasteiger partial charge in [-0.05, 0) is 14.0 Å². The molecule has 0 aliphatic rings. The first kappa shape index (κ1) is 14.4. The summed E-state index contributed by atoms with van der Waals surface area (Å²) in [6.07, 6.45) is 0. The Bertz CT molecular complexity index is 207. The van der Waals surface area contributed by atoms with Gasteiger partial charge in [0, 0.05) is 5.56 Å². The number of Topliss-reactive ketones (excluding diaryl/α,β-unsaturated/α-hetero) is 1. The van der Waals surface area contributed by atoms with Gasteiger partial charge < -0.3 is 5.73 Å². The van der Waals surface area contributed by atoms with Gasteiger partial charge in [0.2, 0.25) is 0 Å². The van der Waals surface area contributed by atoms with E-state index in [0.29, 0.717) is 0 Å². The highest BCUT2D eigenvalue weighted by molar-refractivity contribution is 5.93. The van der Waals surface area contributed by atoms with Gasteiger partial charge in [0.05, 0.1) is 0 Å². The summed E-state index contributed by atoms with van der Waals surface area (Å²) in [6, 6.07) is 9.23. The second-order valence-electron chi connectivity index (χ2n) is 1.92. The lowest BCUT2D eigenvalue weighted by Crippen LogP contribution is -1.88. The number of ketones is 1. The number of carbonyl (C=O) groups is 1. The molecule has 0 saturated carbocycles. The molecule has 2 nitrogen and oxygen atoms in total. The Kier molecular flexibility index (Phi) is 12.0. The zero-order chi connectivity index (χ0) is 10.7. The van der Waals surface area contributed by atoms with Crippen molar-refractivity contribution in [2.24, 2.45) is 5.73 Å². The summed E-state index contributed by atoms with van der Waals surface area (Å²) in [5.74, 6) is 0.121. The second kappa shape index (κ2) is 10.8. The molecule has 2 N–H and O–H groups in total. The average molecular weight is 181 g/mol. The summed E-state index contributed by atoms with van der Waals surface area (Å²) < 4.78 is 0. The SMILES string of the molecule is CC.CC(=O)c1ccccc1.CN. The van der Waals surface area contributed by atoms with Crippen molar-refractivity contribution in [2.75, 3.05) is 7.05 Å². The Morgan fingerprint density at radius 2 is 1.46 bits per heavy atom. The van der Waals surface area contributed by atoms with Gasteiger partial charge in [-0.1, -0.05) is 44.2 Å². The molecule has 13 heavy (non-hydrogen) atoms. The fraction of sp³-hybridized carbons (Fsp3) is 0.364. The van der Waals surface area contributed by atoms with Crippen LogP contribution in [0.3, 0.4) is 0 Å². The van der Waals surface area contributed by atoms with Crippen LogP contribution in [0.1, 0.15) is 31.1 Å². The minimum atomic E-state index is 0.121. The smallest absolute Gasteiger partial charge is 0.159 e. The van der Waals surface area contributed by atoms with Gasteiger partial charge in [-0.25, -0.2) is 0 Å². The van der Waals surface area contributed by atoms with Gasteiger partial charge >= 0.3 is 0 Å². The molecule has 0 bridgehead atoms. The number of hydrogen-bond acceptors (Lipinski definition) is 2. The molecule has 1 aromatic carbocycles. The fourth-order valence-corrected chi connectivity index (χ4v) is 0.673. The van der Waals surface area contributed by atoms with Crippen LogP contribution in [0, 0.1) is 0 Å². The normalized spacial score (nSPS) is 7.15. The van der Waals surface area contributed by atoms with E-state index in [1.165, 1.54) is 7.05 Å². The highest BCUT2D eigenvalue weighted by Gasteiger charge is 1.92. The lowest BCUT2D eigenvalue weighted by atomic mass is 10.2. The molecule has 0 saturated heterocycles. The molecule has 0 unspecified atom stereocenters. The summed E-state index contributed by atoms with van der Waals surface area (Å²) in [5, 5.41) is 0. The lowest BCUT2D eigenvalue weighted by molar-refractivity contribution is 0.101. The fourth-order valence-electron chi connectivity index (χ4n) is 0.673. The first-order valence-corrected chi connectivity index (χ1v) is 4.44. The van der Waals surface area contributed by atoms with Gasteiger partial charge in [0.25, 0.3) is 0 Å². The van der Waals surface area contributed by atoms with Crippen LogP contribution in [0.25, 0.3) is 0 Å². The molecule has 2 heteroatoms. The van der Waals surface area contributed by atoms with Gasteiger partial charge in [-0.15, -0.1) is 0 Å². The standard InChI is InChI=1S/C8H8O.C2H6.CH5N/c1-7(9)8-5-3-2-4-6-8;2*1-2/h2-6H,1H3;1-2H3;2H2,1H3. The maximum atomic E-state index is 10.6. The summed E-state index contributed by atoms with van der Waals surface area (Å²) in [6.45, 7) is 5.56. The predicted octanol–water partition coefficient (Wildman–Crippen LogP) is 2.49. The molecule has 0 aromatic heterocycles. The zero-order valence-electron chi connectivity index (χ0n) is 8.87. The molecule has 0 heterocycles. The van der Waals surface area contributed by atoms with Crippen molar-refractivity contribution in [3.63, 3.8) is 0 Å². The highest BCUT2D eigenvalue weighted by atomic mass is 16.1. The molecular weight excluding hydrogens is 162 g/mol. The van der Waals surface area contributed by atoms with Crippen molar-refractivity contribution in [1.82, 2.24) is 0 Å². The summed E-state index contributed by atoms with van der Waals surface area (Å²) in [5.41, 5.74) is 5.28. The average Bonchev–Trinajstić information content (AvgIpc) is 2.25. The maximum absolute atomic E-state index is 10.6. The lowest BCUT2D eigenvalue weighted by Gasteiger charge is -1.89. The molecular formula is C11H19NO. The third-order valence-corrected chi connectivity index (χ3v) is 1.18. The van der Waals surface area contributed by atoms with Crippen LogP contribution < -0.4 is 5.73 Å². The van der Waals surface area contributed by atoms with Crippen LogP contribution in [-0.2, 0) is 0 Å². The van der Waals surface area contributed by atoms with E-state index in [4.69, 9.17) is 0 Å². The third-order valence-electron chi connectivity index (χ3n) is 1.18. The molecule has 0 aliphatic heterocycles. The van der Waals surface area contributed by atoms with Crippen molar-refractivity contribution < 1.29 is 4.79 Å². The Morgan fingerprint density at radius 3 is 1.69 bits per heavy atom. The molecule has 0 aliphatic carbocycles. The minimum Gasteiger partial charge on any atom is -0.333 e. The van der Waals surface area contributed by atoms with Crippen molar-refractivity contribution in [3.8, 4) is 0 Å². The summed E-state index contributed by atoms with van der Waals surface area (Å²) in [4.78, 5) is 10.6. The summed E-state index contributed by atoms with van der Waals surface area (Å²) in [7, 11) is 1.50. The van der Waals surface area contributed by atoms with Crippen LogP contribution in [0.4, 0.5) is 0 Å². The number of benzene rings is 1. The van der Waals surface area contributed by atoms with Crippen molar-refractivity contribution in [2.45, 2.75) is 20.8 Å². The van der Waals surface area contributed by atoms with Crippen LogP contribution in [0.2, 0.25) is 0 Å². The Hall–Kier alpha value is -1.15. The van der Waals surface area contributed by atoms with Crippen molar-refractivity contribution in [3.05, 3.63) is 35.9 Å². The quantitative estimate of drug-likeness (QED) is 0.676. The number of hydrogen-bond donors (Lipinski definition) is 1. The van der Waals surface area contributed by atoms with Crippen LogP contribution in [-0.4, -0.2) is 12.8 Å². The van der Waals surface area contributed by atoms with Crippen molar-refractivity contribution >= 4 is 5.78 Å². The topological polar surface area (TPSA) is 43.1 Å². The molecule has 0 radical (unpaired) electrons. The van der Waals surface area contributed by atoms with E-state index >= 15 is 0 Å². The van der Waals surface area contributed by atoms with Crippen molar-refractivity contribution in [1.29, 1.82) is 0 Å². The maximum Gasteiger partial charge on any atom is 0.159 e. The first-order chi connectivity index (χ1) is 6.30. The number of nitrogens with two attached hydrogens (primary N) is 1. The van der Waals surface area contributed by atoms with Crippen LogP contribution >= 0.6 is 0 Å². The van der Waals surface area contributed by atoms with E-state index in [2.05, 4.69) is 5.73 Å². The van der Waals surface area contributed by atoms with Crippen LogP contribution in [0.15, 0.2) is 30.3 Å². The number of rotatable bonds is 1. The molecule has 74 valence electrons. The monoisotopic (exact) mass is 181 g/mol. The Morgan fingerprint density at radius 1 is 1.08 bits per heavy atom. The largest absolute Gasteiger partial charge is 0.333 e. The van der Waals surface area contributed by atoms with Gasteiger partial charge in [0.15, 0.2) is 5.78 Å². The van der Waals surface area contributed by atoms with E-state index < -0.39 is 0 Å². The highest BCUT2D eigenvalue weighted by Crippen LogP contribution is 1.97. The third kappa shape index (κ3) is 7.22. The Balaban J connectivity index is 0. The molecule has 0 amide bonds.